The van der Waals surface area contributed by atoms with Crippen LogP contribution in [0.2, 0.25) is 0 Å². The zero-order valence-corrected chi connectivity index (χ0v) is 13.3. The molecule has 3 atom stereocenters. The number of aromatic carboxylic acids is 1. The molecular formula is C19H17N2O4+. The van der Waals surface area contributed by atoms with Gasteiger partial charge in [0.15, 0.2) is 0 Å². The predicted octanol–water partition coefficient (Wildman–Crippen LogP) is 4.01. The maximum absolute atomic E-state index is 11.6. The number of fused-ring (bicyclic) bond motifs is 3. The molecule has 1 heterocycles. The largest absolute Gasteiger partial charge is 0.478 e. The second-order valence-electron chi connectivity index (χ2n) is 6.42. The first-order chi connectivity index (χ1) is 12.1. The molecule has 0 saturated heterocycles. The zero-order valence-electron chi connectivity index (χ0n) is 13.3. The van der Waals surface area contributed by atoms with Crippen molar-refractivity contribution in [3.63, 3.8) is 0 Å². The van der Waals surface area contributed by atoms with Crippen LogP contribution < -0.4 is 5.32 Å². The van der Waals surface area contributed by atoms with Gasteiger partial charge in [0.1, 0.15) is 0 Å². The van der Waals surface area contributed by atoms with E-state index < -0.39 is 5.97 Å². The van der Waals surface area contributed by atoms with Gasteiger partial charge in [-0.1, -0.05) is 36.4 Å². The van der Waals surface area contributed by atoms with Crippen molar-refractivity contribution in [3.8, 4) is 0 Å². The number of carbonyl (C=O) groups is 1. The number of nitrogens with zero attached hydrogens (tertiary/aromatic N) is 1. The van der Waals surface area contributed by atoms with Crippen LogP contribution in [-0.4, -0.2) is 21.2 Å². The fourth-order valence-electron chi connectivity index (χ4n) is 3.97. The Hall–Kier alpha value is -3.15. The SMILES string of the molecule is O=C(O)c1cccc2c1NC(c1cccc([N+](=O)O)c1)C1CC=CC21. The summed E-state index contributed by atoms with van der Waals surface area (Å²) in [5.74, 6) is -0.620. The fourth-order valence-corrected chi connectivity index (χ4v) is 3.97. The van der Waals surface area contributed by atoms with Gasteiger partial charge < -0.3 is 10.4 Å². The van der Waals surface area contributed by atoms with E-state index in [1.807, 2.05) is 12.1 Å². The molecule has 6 heteroatoms. The van der Waals surface area contributed by atoms with Crippen LogP contribution in [0.25, 0.3) is 0 Å². The monoisotopic (exact) mass is 337 g/mol. The topological polar surface area (TPSA) is 89.6 Å². The van der Waals surface area contributed by atoms with Gasteiger partial charge >= 0.3 is 11.7 Å². The summed E-state index contributed by atoms with van der Waals surface area (Å²) in [5.41, 5.74) is 2.85. The average Bonchev–Trinajstić information content (AvgIpc) is 3.10. The Morgan fingerprint density at radius 3 is 2.76 bits per heavy atom. The highest BCUT2D eigenvalue weighted by molar-refractivity contribution is 5.95. The third kappa shape index (κ3) is 2.46. The van der Waals surface area contributed by atoms with Gasteiger partial charge in [0.2, 0.25) is 0 Å². The molecule has 0 amide bonds. The number of hydrogen-bond donors (Lipinski definition) is 3. The second-order valence-corrected chi connectivity index (χ2v) is 6.42. The van der Waals surface area contributed by atoms with Gasteiger partial charge in [-0.15, -0.1) is 0 Å². The lowest BCUT2D eigenvalue weighted by Crippen LogP contribution is -2.30. The Morgan fingerprint density at radius 2 is 2.00 bits per heavy atom. The number of benzene rings is 2. The number of carboxylic acid groups (broad SMARTS) is 1. The molecular weight excluding hydrogens is 320 g/mol. The van der Waals surface area contributed by atoms with Crippen LogP contribution in [0, 0.1) is 10.8 Å². The summed E-state index contributed by atoms with van der Waals surface area (Å²) in [6, 6.07) is 11.9. The van der Waals surface area contributed by atoms with Crippen molar-refractivity contribution in [1.29, 1.82) is 0 Å². The van der Waals surface area contributed by atoms with Gasteiger partial charge in [-0.3, -0.25) is 0 Å². The van der Waals surface area contributed by atoms with Crippen LogP contribution in [0.15, 0.2) is 54.6 Å². The van der Waals surface area contributed by atoms with E-state index >= 15 is 0 Å². The van der Waals surface area contributed by atoms with Crippen molar-refractivity contribution in [3.05, 3.63) is 76.2 Å². The molecule has 126 valence electrons. The van der Waals surface area contributed by atoms with E-state index in [0.717, 1.165) is 17.5 Å². The summed E-state index contributed by atoms with van der Waals surface area (Å²) >= 11 is 0. The van der Waals surface area contributed by atoms with E-state index in [1.54, 1.807) is 24.3 Å². The summed E-state index contributed by atoms with van der Waals surface area (Å²) in [6.07, 6.45) is 5.10. The summed E-state index contributed by atoms with van der Waals surface area (Å²) in [5, 5.41) is 22.1. The van der Waals surface area contributed by atoms with E-state index in [2.05, 4.69) is 17.5 Å². The number of rotatable bonds is 3. The second kappa shape index (κ2) is 5.73. The van der Waals surface area contributed by atoms with E-state index in [4.69, 9.17) is 0 Å². The number of anilines is 1. The fraction of sp³-hybridized carbons (Fsp3) is 0.211. The van der Waals surface area contributed by atoms with Crippen LogP contribution in [-0.2, 0) is 0 Å². The van der Waals surface area contributed by atoms with Crippen LogP contribution in [0.4, 0.5) is 11.4 Å². The van der Waals surface area contributed by atoms with E-state index in [0.29, 0.717) is 5.69 Å². The molecule has 0 bridgehead atoms. The van der Waals surface area contributed by atoms with Gasteiger partial charge in [0.05, 0.1) is 22.2 Å². The van der Waals surface area contributed by atoms with E-state index in [9.17, 15) is 20.0 Å². The first kappa shape index (κ1) is 15.4. The molecule has 0 aromatic heterocycles. The van der Waals surface area contributed by atoms with Crippen molar-refractivity contribution in [2.45, 2.75) is 18.4 Å². The Labute approximate surface area is 144 Å². The Balaban J connectivity index is 1.83. The normalized spacial score (nSPS) is 23.4. The number of allylic oxidation sites excluding steroid dienone is 2. The molecule has 0 fully saturated rings. The highest BCUT2D eigenvalue weighted by Gasteiger charge is 2.39. The molecule has 4 rings (SSSR count). The van der Waals surface area contributed by atoms with E-state index in [1.165, 1.54) is 6.07 Å². The average molecular weight is 337 g/mol. The lowest BCUT2D eigenvalue weighted by Gasteiger charge is -2.38. The molecule has 2 aromatic carbocycles. The molecule has 3 unspecified atom stereocenters. The lowest BCUT2D eigenvalue weighted by atomic mass is 9.76. The van der Waals surface area contributed by atoms with Gasteiger partial charge in [-0.05, 0) is 29.5 Å². The van der Waals surface area contributed by atoms with Crippen LogP contribution in [0.1, 0.15) is 39.9 Å². The highest BCUT2D eigenvalue weighted by atomic mass is 16.6. The summed E-state index contributed by atoms with van der Waals surface area (Å²) in [4.78, 5) is 22.7. The van der Waals surface area contributed by atoms with Crippen molar-refractivity contribution in [2.75, 3.05) is 5.32 Å². The van der Waals surface area contributed by atoms with Crippen LogP contribution >= 0.6 is 0 Å². The van der Waals surface area contributed by atoms with Gasteiger partial charge in [0.25, 0.3) is 4.92 Å². The number of para-hydroxylation sites is 1. The maximum Gasteiger partial charge on any atom is 0.337 e. The Morgan fingerprint density at radius 1 is 1.20 bits per heavy atom. The van der Waals surface area contributed by atoms with E-state index in [-0.39, 0.29) is 34.1 Å². The Kier molecular flexibility index (Phi) is 3.53. The van der Waals surface area contributed by atoms with Crippen molar-refractivity contribution in [2.24, 2.45) is 5.92 Å². The minimum absolute atomic E-state index is 0.127. The first-order valence-electron chi connectivity index (χ1n) is 8.12. The van der Waals surface area contributed by atoms with Gasteiger partial charge in [-0.25, -0.2) is 10.0 Å². The van der Waals surface area contributed by atoms with Crippen molar-refractivity contribution >= 4 is 17.3 Å². The van der Waals surface area contributed by atoms with Crippen molar-refractivity contribution in [1.82, 2.24) is 0 Å². The molecule has 0 radical (unpaired) electrons. The minimum atomic E-state index is -0.974. The molecule has 0 spiro atoms. The predicted molar refractivity (Wildman–Crippen MR) is 91.3 cm³/mol. The van der Waals surface area contributed by atoms with Crippen molar-refractivity contribution < 1.29 is 20.0 Å². The number of carboxylic acids is 1. The minimum Gasteiger partial charge on any atom is -0.478 e. The zero-order chi connectivity index (χ0) is 17.6. The molecule has 1 aliphatic heterocycles. The smallest absolute Gasteiger partial charge is 0.337 e. The maximum atomic E-state index is 11.6. The van der Waals surface area contributed by atoms with Crippen LogP contribution in [0.5, 0.6) is 0 Å². The molecule has 3 N–H and O–H groups in total. The standard InChI is InChI=1S/C19H16N2O4/c22-19(23)16-9-3-8-15-13-6-2-7-14(13)17(20-18(15)16)11-4-1-5-12(10-11)21(24)25/h1-6,8-10,13-14,17,20H,7H2,(H-,22,23,24,25)/p+1. The molecule has 6 nitrogen and oxygen atoms in total. The third-order valence-electron chi connectivity index (χ3n) is 5.08. The summed E-state index contributed by atoms with van der Waals surface area (Å²) in [7, 11) is 0. The third-order valence-corrected chi connectivity index (χ3v) is 5.08. The molecule has 2 aliphatic rings. The lowest BCUT2D eigenvalue weighted by molar-refractivity contribution is -0.729. The molecule has 1 aliphatic carbocycles. The van der Waals surface area contributed by atoms with Gasteiger partial charge in [-0.2, -0.15) is 0 Å². The van der Waals surface area contributed by atoms with Gasteiger partial charge in [0, 0.05) is 18.1 Å². The number of nitrogens with one attached hydrogen (secondary N) is 1. The quantitative estimate of drug-likeness (QED) is 0.581. The summed E-state index contributed by atoms with van der Waals surface area (Å²) in [6.45, 7) is 0. The molecule has 25 heavy (non-hydrogen) atoms. The molecule has 2 aromatic rings. The first-order valence-corrected chi connectivity index (χ1v) is 8.12. The summed E-state index contributed by atoms with van der Waals surface area (Å²) < 4.78 is 0. The highest BCUT2D eigenvalue weighted by Crippen LogP contribution is 2.50. The number of hydrogen-bond acceptors (Lipinski definition) is 3. The van der Waals surface area contributed by atoms with Crippen LogP contribution in [0.3, 0.4) is 0 Å². The molecule has 0 saturated carbocycles. The Bertz CT molecular complexity index is 906.